The average molecular weight is 385 g/mol. The molecule has 1 amide bonds. The molecule has 1 aliphatic heterocycles. The number of amides is 1. The van der Waals surface area contributed by atoms with E-state index in [1.54, 1.807) is 18.2 Å². The Hall–Kier alpha value is -2.57. The van der Waals surface area contributed by atoms with Gasteiger partial charge < -0.3 is 9.80 Å². The highest BCUT2D eigenvalue weighted by molar-refractivity contribution is 7.80. The van der Waals surface area contributed by atoms with Gasteiger partial charge in [0.15, 0.2) is 5.11 Å². The number of halogens is 1. The molecule has 6 heteroatoms. The highest BCUT2D eigenvalue weighted by Gasteiger charge is 2.22. The molecule has 2 aromatic carbocycles. The van der Waals surface area contributed by atoms with Crippen molar-refractivity contribution in [1.82, 2.24) is 10.2 Å². The molecule has 1 heterocycles. The molecule has 4 nitrogen and oxygen atoms in total. The molecule has 2 aromatic rings. The van der Waals surface area contributed by atoms with Crippen LogP contribution < -0.4 is 10.2 Å². The maximum Gasteiger partial charge on any atom is 0.250 e. The van der Waals surface area contributed by atoms with E-state index >= 15 is 0 Å². The largest absolute Gasteiger partial charge is 0.338 e. The number of rotatable bonds is 4. The van der Waals surface area contributed by atoms with Crippen LogP contribution in [-0.4, -0.2) is 42.1 Å². The molecule has 140 valence electrons. The third kappa shape index (κ3) is 5.98. The Morgan fingerprint density at radius 1 is 1.11 bits per heavy atom. The Balaban J connectivity index is 1.43. The van der Waals surface area contributed by atoms with Gasteiger partial charge in [0.05, 0.1) is 26.2 Å². The van der Waals surface area contributed by atoms with Crippen molar-refractivity contribution in [2.24, 2.45) is 0 Å². The summed E-state index contributed by atoms with van der Waals surface area (Å²) in [5.74, 6) is -0.574. The lowest BCUT2D eigenvalue weighted by Crippen LogP contribution is -3.13. The van der Waals surface area contributed by atoms with Crippen LogP contribution in [0, 0.1) is 5.82 Å². The fourth-order valence-corrected chi connectivity index (χ4v) is 3.34. The molecule has 1 aliphatic rings. The maximum absolute atomic E-state index is 12.9. The predicted octanol–water partition coefficient (Wildman–Crippen LogP) is 1.64. The third-order valence-corrected chi connectivity index (χ3v) is 4.94. The van der Waals surface area contributed by atoms with E-state index in [-0.39, 0.29) is 11.7 Å². The average Bonchev–Trinajstić information content (AvgIpc) is 2.69. The van der Waals surface area contributed by atoms with Crippen molar-refractivity contribution >= 4 is 29.3 Å². The summed E-state index contributed by atoms with van der Waals surface area (Å²) in [6.07, 6.45) is 3.05. The molecule has 1 saturated heterocycles. The van der Waals surface area contributed by atoms with E-state index in [4.69, 9.17) is 12.2 Å². The highest BCUT2D eigenvalue weighted by Crippen LogP contribution is 2.04. The lowest BCUT2D eigenvalue weighted by Gasteiger charge is -2.33. The van der Waals surface area contributed by atoms with Gasteiger partial charge in [0.2, 0.25) is 5.91 Å². The normalized spacial score (nSPS) is 15.1. The lowest BCUT2D eigenvalue weighted by atomic mass is 10.2. The molecule has 0 unspecified atom stereocenters. The smallest absolute Gasteiger partial charge is 0.250 e. The summed E-state index contributed by atoms with van der Waals surface area (Å²) < 4.78 is 12.9. The van der Waals surface area contributed by atoms with Crippen LogP contribution in [0.5, 0.6) is 0 Å². The molecule has 0 aliphatic carbocycles. The molecule has 2 N–H and O–H groups in total. The second-order valence-corrected chi connectivity index (χ2v) is 6.97. The summed E-state index contributed by atoms with van der Waals surface area (Å²) in [4.78, 5) is 15.6. The van der Waals surface area contributed by atoms with Crippen LogP contribution in [0.3, 0.4) is 0 Å². The van der Waals surface area contributed by atoms with Gasteiger partial charge in [-0.3, -0.25) is 10.1 Å². The number of hydrogen-bond donors (Lipinski definition) is 2. The van der Waals surface area contributed by atoms with E-state index in [1.165, 1.54) is 28.7 Å². The Morgan fingerprint density at radius 3 is 2.44 bits per heavy atom. The number of carbonyl (C=O) groups excluding carboxylic acids is 1. The van der Waals surface area contributed by atoms with Crippen molar-refractivity contribution in [1.29, 1.82) is 0 Å². The van der Waals surface area contributed by atoms with Gasteiger partial charge in [-0.1, -0.05) is 42.5 Å². The van der Waals surface area contributed by atoms with Gasteiger partial charge in [0.1, 0.15) is 12.4 Å². The first-order valence-corrected chi connectivity index (χ1v) is 9.42. The van der Waals surface area contributed by atoms with Gasteiger partial charge in [-0.2, -0.15) is 0 Å². The van der Waals surface area contributed by atoms with E-state index in [2.05, 4.69) is 29.6 Å². The molecule has 0 bridgehead atoms. The first kappa shape index (κ1) is 19.2. The minimum Gasteiger partial charge on any atom is -0.338 e. The van der Waals surface area contributed by atoms with Gasteiger partial charge in [-0.15, -0.1) is 0 Å². The number of benzene rings is 2. The van der Waals surface area contributed by atoms with Crippen molar-refractivity contribution in [3.63, 3.8) is 0 Å². The number of nitrogens with one attached hydrogen (secondary N) is 2. The van der Waals surface area contributed by atoms with Crippen molar-refractivity contribution < 1.29 is 14.1 Å². The molecule has 0 radical (unpaired) electrons. The summed E-state index contributed by atoms with van der Waals surface area (Å²) in [6.45, 7) is 4.62. The van der Waals surface area contributed by atoms with E-state index in [1.807, 2.05) is 11.0 Å². The fraction of sp³-hybridized carbons (Fsp3) is 0.238. The van der Waals surface area contributed by atoms with Gasteiger partial charge >= 0.3 is 0 Å². The van der Waals surface area contributed by atoms with Gasteiger partial charge in [0, 0.05) is 11.6 Å². The first-order valence-electron chi connectivity index (χ1n) is 9.01. The summed E-state index contributed by atoms with van der Waals surface area (Å²) >= 11 is 5.37. The summed E-state index contributed by atoms with van der Waals surface area (Å²) in [7, 11) is 0. The molecular formula is C21H23FN3OS+. The minimum atomic E-state index is -0.300. The van der Waals surface area contributed by atoms with Crippen LogP contribution in [-0.2, 0) is 11.3 Å². The van der Waals surface area contributed by atoms with Crippen molar-refractivity contribution in [2.45, 2.75) is 6.54 Å². The lowest BCUT2D eigenvalue weighted by molar-refractivity contribution is -0.917. The minimum absolute atomic E-state index is 0.275. The number of carbonyl (C=O) groups is 1. The van der Waals surface area contributed by atoms with Crippen LogP contribution in [0.2, 0.25) is 0 Å². The molecule has 0 atom stereocenters. The maximum atomic E-state index is 12.9. The molecular weight excluding hydrogens is 361 g/mol. The topological polar surface area (TPSA) is 36.8 Å². The third-order valence-electron chi connectivity index (χ3n) is 4.58. The standard InChI is InChI=1S/C21H22FN3OS/c22-19-9-6-17(7-10-19)8-11-20(26)23-21(27)25-14-12-24(13-15-25)16-18-4-2-1-3-5-18/h1-11H,12-16H2,(H,23,26,27)/p+1/b11-8+. The zero-order valence-electron chi connectivity index (χ0n) is 15.0. The summed E-state index contributed by atoms with van der Waals surface area (Å²) in [5, 5.41) is 3.20. The van der Waals surface area contributed by atoms with E-state index < -0.39 is 0 Å². The van der Waals surface area contributed by atoms with E-state index in [0.717, 1.165) is 38.3 Å². The molecule has 0 spiro atoms. The van der Waals surface area contributed by atoms with Gasteiger partial charge in [0.25, 0.3) is 0 Å². The van der Waals surface area contributed by atoms with Crippen molar-refractivity contribution in [3.8, 4) is 0 Å². The monoisotopic (exact) mass is 384 g/mol. The molecule has 0 saturated carbocycles. The molecule has 3 rings (SSSR count). The van der Waals surface area contributed by atoms with E-state index in [9.17, 15) is 9.18 Å². The van der Waals surface area contributed by atoms with Gasteiger partial charge in [-0.25, -0.2) is 4.39 Å². The zero-order valence-corrected chi connectivity index (χ0v) is 15.8. The van der Waals surface area contributed by atoms with E-state index in [0.29, 0.717) is 5.11 Å². The quantitative estimate of drug-likeness (QED) is 0.622. The number of piperazine rings is 1. The Labute approximate surface area is 164 Å². The first-order chi connectivity index (χ1) is 13.1. The molecule has 27 heavy (non-hydrogen) atoms. The Kier molecular flexibility index (Phi) is 6.68. The van der Waals surface area contributed by atoms with Gasteiger partial charge in [-0.05, 0) is 36.0 Å². The zero-order chi connectivity index (χ0) is 19.1. The van der Waals surface area contributed by atoms with Crippen LogP contribution in [0.1, 0.15) is 11.1 Å². The number of quaternary nitrogens is 1. The number of hydrogen-bond acceptors (Lipinski definition) is 2. The Morgan fingerprint density at radius 2 is 1.78 bits per heavy atom. The Bertz CT molecular complexity index is 800. The second-order valence-electron chi connectivity index (χ2n) is 6.58. The SMILES string of the molecule is O=C(/C=C/c1ccc(F)cc1)NC(=S)N1CC[NH+](Cc2ccccc2)CC1. The molecule has 1 fully saturated rings. The van der Waals surface area contributed by atoms with Crippen LogP contribution in [0.25, 0.3) is 6.08 Å². The highest BCUT2D eigenvalue weighted by atomic mass is 32.1. The number of nitrogens with zero attached hydrogens (tertiary/aromatic N) is 1. The fourth-order valence-electron chi connectivity index (χ4n) is 3.06. The molecule has 0 aromatic heterocycles. The predicted molar refractivity (Wildman–Crippen MR) is 109 cm³/mol. The second kappa shape index (κ2) is 9.39. The van der Waals surface area contributed by atoms with Crippen LogP contribution >= 0.6 is 12.2 Å². The summed E-state index contributed by atoms with van der Waals surface area (Å²) in [6, 6.07) is 16.4. The summed E-state index contributed by atoms with van der Waals surface area (Å²) in [5.41, 5.74) is 2.10. The van der Waals surface area contributed by atoms with Crippen LogP contribution in [0.4, 0.5) is 4.39 Å². The van der Waals surface area contributed by atoms with Crippen LogP contribution in [0.15, 0.2) is 60.7 Å². The van der Waals surface area contributed by atoms with Crippen molar-refractivity contribution in [3.05, 3.63) is 77.6 Å². The van der Waals surface area contributed by atoms with Crippen molar-refractivity contribution in [2.75, 3.05) is 26.2 Å². The number of thiocarbonyl (C=S) groups is 1.